The van der Waals surface area contributed by atoms with E-state index < -0.39 is 0 Å². The van der Waals surface area contributed by atoms with Crippen LogP contribution in [0.4, 0.5) is 0 Å². The molecule has 0 aliphatic heterocycles. The van der Waals surface area contributed by atoms with E-state index in [9.17, 15) is 4.79 Å². The number of ether oxygens (including phenoxy) is 1. The van der Waals surface area contributed by atoms with Crippen molar-refractivity contribution in [3.05, 3.63) is 64.6 Å². The Kier molecular flexibility index (Phi) is 6.32. The summed E-state index contributed by atoms with van der Waals surface area (Å²) in [6.45, 7) is 6.00. The van der Waals surface area contributed by atoms with Gasteiger partial charge in [-0.25, -0.2) is 9.97 Å². The van der Waals surface area contributed by atoms with Gasteiger partial charge in [-0.3, -0.25) is 4.79 Å². The third-order valence-electron chi connectivity index (χ3n) is 3.53. The van der Waals surface area contributed by atoms with Crippen LogP contribution in [0.1, 0.15) is 33.6 Å². The molecule has 0 saturated carbocycles. The molecule has 0 atom stereocenters. The number of nitrogens with zero attached hydrogens (tertiary/aromatic N) is 2. The highest BCUT2D eigenvalue weighted by Crippen LogP contribution is 2.23. The van der Waals surface area contributed by atoms with E-state index in [0.29, 0.717) is 18.0 Å². The van der Waals surface area contributed by atoms with Crippen molar-refractivity contribution in [1.29, 1.82) is 0 Å². The molecule has 0 bridgehead atoms. The van der Waals surface area contributed by atoms with E-state index >= 15 is 0 Å². The number of hydrogen-bond acceptors (Lipinski definition) is 4. The first-order chi connectivity index (χ1) is 11.5. The molecule has 0 fully saturated rings. The Labute approximate surface area is 146 Å². The normalized spacial score (nSPS) is 10.3. The van der Waals surface area contributed by atoms with Crippen LogP contribution < -0.4 is 10.1 Å². The topological polar surface area (TPSA) is 64.1 Å². The van der Waals surface area contributed by atoms with Crippen molar-refractivity contribution in [2.45, 2.75) is 26.3 Å². The SMILES string of the molecule is C=CCCc1cc(C)nc(OC)c1CNC(=O)c1ccnc(Cl)c1. The molecule has 24 heavy (non-hydrogen) atoms. The molecule has 2 rings (SSSR count). The van der Waals surface area contributed by atoms with Gasteiger partial charge < -0.3 is 10.1 Å². The van der Waals surface area contributed by atoms with Crippen LogP contribution in [0.2, 0.25) is 5.15 Å². The predicted octanol–water partition coefficient (Wildman–Crippen LogP) is 3.50. The molecule has 126 valence electrons. The van der Waals surface area contributed by atoms with Gasteiger partial charge in [0, 0.05) is 29.6 Å². The molecule has 0 aliphatic rings. The maximum absolute atomic E-state index is 12.3. The summed E-state index contributed by atoms with van der Waals surface area (Å²) >= 11 is 5.82. The summed E-state index contributed by atoms with van der Waals surface area (Å²) in [5.41, 5.74) is 3.30. The van der Waals surface area contributed by atoms with Crippen molar-refractivity contribution in [3.63, 3.8) is 0 Å². The van der Waals surface area contributed by atoms with Crippen molar-refractivity contribution >= 4 is 17.5 Å². The summed E-state index contributed by atoms with van der Waals surface area (Å²) in [4.78, 5) is 20.6. The second kappa shape index (κ2) is 8.45. The number of aryl methyl sites for hydroxylation is 2. The quantitative estimate of drug-likeness (QED) is 0.616. The Morgan fingerprint density at radius 2 is 2.25 bits per heavy atom. The zero-order valence-corrected chi connectivity index (χ0v) is 14.6. The Morgan fingerprint density at radius 1 is 1.46 bits per heavy atom. The van der Waals surface area contributed by atoms with Gasteiger partial charge in [-0.05, 0) is 43.5 Å². The van der Waals surface area contributed by atoms with Gasteiger partial charge in [-0.2, -0.15) is 0 Å². The second-order valence-corrected chi connectivity index (χ2v) is 5.68. The van der Waals surface area contributed by atoms with Crippen LogP contribution in [0.25, 0.3) is 0 Å². The molecule has 1 amide bonds. The first-order valence-corrected chi connectivity index (χ1v) is 7.97. The number of carbonyl (C=O) groups excluding carboxylic acids is 1. The fourth-order valence-electron chi connectivity index (χ4n) is 2.39. The third-order valence-corrected chi connectivity index (χ3v) is 3.74. The van der Waals surface area contributed by atoms with Crippen LogP contribution in [0.15, 0.2) is 37.1 Å². The van der Waals surface area contributed by atoms with Gasteiger partial charge in [0.05, 0.1) is 7.11 Å². The molecule has 0 unspecified atom stereocenters. The lowest BCUT2D eigenvalue weighted by molar-refractivity contribution is 0.0950. The minimum absolute atomic E-state index is 0.225. The summed E-state index contributed by atoms with van der Waals surface area (Å²) in [6, 6.07) is 5.15. The summed E-state index contributed by atoms with van der Waals surface area (Å²) in [5.74, 6) is 0.304. The fraction of sp³-hybridized carbons (Fsp3) is 0.278. The highest BCUT2D eigenvalue weighted by atomic mass is 35.5. The van der Waals surface area contributed by atoms with E-state index in [0.717, 1.165) is 29.7 Å². The lowest BCUT2D eigenvalue weighted by Gasteiger charge is -2.15. The average Bonchev–Trinajstić information content (AvgIpc) is 2.58. The Balaban J connectivity index is 2.21. The van der Waals surface area contributed by atoms with Crippen LogP contribution in [0.5, 0.6) is 5.88 Å². The van der Waals surface area contributed by atoms with Gasteiger partial charge in [-0.1, -0.05) is 17.7 Å². The average molecular weight is 346 g/mol. The van der Waals surface area contributed by atoms with E-state index in [2.05, 4.69) is 21.9 Å². The van der Waals surface area contributed by atoms with Crippen LogP contribution in [0, 0.1) is 6.92 Å². The molecule has 0 radical (unpaired) electrons. The summed E-state index contributed by atoms with van der Waals surface area (Å²) in [6.07, 6.45) is 5.02. The van der Waals surface area contributed by atoms with Gasteiger partial charge in [0.1, 0.15) is 5.15 Å². The van der Waals surface area contributed by atoms with Crippen LogP contribution >= 0.6 is 11.6 Å². The van der Waals surface area contributed by atoms with Gasteiger partial charge in [-0.15, -0.1) is 6.58 Å². The van der Waals surface area contributed by atoms with Crippen molar-refractivity contribution in [2.75, 3.05) is 7.11 Å². The molecule has 0 aliphatic carbocycles. The highest BCUT2D eigenvalue weighted by molar-refractivity contribution is 6.29. The molecular formula is C18H20ClN3O2. The van der Waals surface area contributed by atoms with E-state index in [4.69, 9.17) is 16.3 Å². The number of carbonyl (C=O) groups is 1. The molecule has 0 spiro atoms. The highest BCUT2D eigenvalue weighted by Gasteiger charge is 2.14. The van der Waals surface area contributed by atoms with E-state index in [1.54, 1.807) is 13.2 Å². The molecule has 2 aromatic heterocycles. The van der Waals surface area contributed by atoms with Gasteiger partial charge >= 0.3 is 0 Å². The minimum Gasteiger partial charge on any atom is -0.481 e. The lowest BCUT2D eigenvalue weighted by atomic mass is 10.0. The number of hydrogen-bond donors (Lipinski definition) is 1. The maximum atomic E-state index is 12.3. The van der Waals surface area contributed by atoms with Crippen molar-refractivity contribution in [1.82, 2.24) is 15.3 Å². The Hall–Kier alpha value is -2.40. The lowest BCUT2D eigenvalue weighted by Crippen LogP contribution is -2.24. The van der Waals surface area contributed by atoms with Gasteiger partial charge in [0.25, 0.3) is 5.91 Å². The van der Waals surface area contributed by atoms with Crippen molar-refractivity contribution in [2.24, 2.45) is 0 Å². The largest absolute Gasteiger partial charge is 0.481 e. The predicted molar refractivity (Wildman–Crippen MR) is 94.5 cm³/mol. The van der Waals surface area contributed by atoms with E-state index in [-0.39, 0.29) is 11.1 Å². The van der Waals surface area contributed by atoms with Crippen molar-refractivity contribution < 1.29 is 9.53 Å². The van der Waals surface area contributed by atoms with Gasteiger partial charge in [0.2, 0.25) is 5.88 Å². The number of aromatic nitrogens is 2. The molecule has 5 nitrogen and oxygen atoms in total. The van der Waals surface area contributed by atoms with Crippen LogP contribution in [-0.2, 0) is 13.0 Å². The number of amides is 1. The summed E-state index contributed by atoms with van der Waals surface area (Å²) in [5, 5.41) is 3.16. The molecule has 0 saturated heterocycles. The number of rotatable bonds is 7. The molecule has 1 N–H and O–H groups in total. The number of pyridine rings is 2. The molecule has 2 heterocycles. The zero-order chi connectivity index (χ0) is 17.5. The standard InChI is InChI=1S/C18H20ClN3O2/c1-4-5-6-13-9-12(2)22-18(24-3)15(13)11-21-17(23)14-7-8-20-16(19)10-14/h4,7-10H,1,5-6,11H2,2-3H3,(H,21,23). The minimum atomic E-state index is -0.225. The number of halogens is 1. The van der Waals surface area contributed by atoms with E-state index in [1.165, 1.54) is 12.3 Å². The van der Waals surface area contributed by atoms with Crippen LogP contribution in [-0.4, -0.2) is 23.0 Å². The fourth-order valence-corrected chi connectivity index (χ4v) is 2.56. The first kappa shape index (κ1) is 17.9. The molecule has 6 heteroatoms. The monoisotopic (exact) mass is 345 g/mol. The number of allylic oxidation sites excluding steroid dienone is 1. The Bertz CT molecular complexity index is 747. The zero-order valence-electron chi connectivity index (χ0n) is 13.8. The molecule has 2 aromatic rings. The number of methoxy groups -OCH3 is 1. The van der Waals surface area contributed by atoms with Gasteiger partial charge in [0.15, 0.2) is 0 Å². The summed E-state index contributed by atoms with van der Waals surface area (Å²) < 4.78 is 5.38. The Morgan fingerprint density at radius 3 is 2.92 bits per heavy atom. The van der Waals surface area contributed by atoms with E-state index in [1.807, 2.05) is 19.1 Å². The molecular weight excluding hydrogens is 326 g/mol. The first-order valence-electron chi connectivity index (χ1n) is 7.59. The summed E-state index contributed by atoms with van der Waals surface area (Å²) in [7, 11) is 1.58. The molecule has 0 aromatic carbocycles. The number of nitrogens with one attached hydrogen (secondary N) is 1. The van der Waals surface area contributed by atoms with Crippen LogP contribution in [0.3, 0.4) is 0 Å². The third kappa shape index (κ3) is 4.55. The smallest absolute Gasteiger partial charge is 0.251 e. The maximum Gasteiger partial charge on any atom is 0.251 e. The second-order valence-electron chi connectivity index (χ2n) is 5.29. The van der Waals surface area contributed by atoms with Crippen molar-refractivity contribution in [3.8, 4) is 5.88 Å².